The van der Waals surface area contributed by atoms with Crippen LogP contribution >= 0.6 is 0 Å². The fourth-order valence-corrected chi connectivity index (χ4v) is 2.72. The number of rotatable bonds is 1. The molecular formula is C18H15NO2. The van der Waals surface area contributed by atoms with E-state index in [1.54, 1.807) is 0 Å². The van der Waals surface area contributed by atoms with Crippen LogP contribution in [0.4, 0.5) is 0 Å². The maximum Gasteiger partial charge on any atom is 0.161 e. The van der Waals surface area contributed by atoms with E-state index < -0.39 is 0 Å². The molecule has 0 spiro atoms. The molecule has 0 amide bonds. The van der Waals surface area contributed by atoms with Gasteiger partial charge in [-0.1, -0.05) is 24.3 Å². The van der Waals surface area contributed by atoms with Crippen LogP contribution < -0.4 is 9.47 Å². The summed E-state index contributed by atoms with van der Waals surface area (Å²) in [6, 6.07) is 16.5. The van der Waals surface area contributed by atoms with Crippen molar-refractivity contribution < 1.29 is 9.47 Å². The molecule has 1 aromatic heterocycles. The van der Waals surface area contributed by atoms with Crippen molar-refractivity contribution >= 4 is 10.9 Å². The van der Waals surface area contributed by atoms with Crippen molar-refractivity contribution in [2.24, 2.45) is 0 Å². The van der Waals surface area contributed by atoms with Gasteiger partial charge in [0.25, 0.3) is 0 Å². The number of pyridine rings is 1. The van der Waals surface area contributed by atoms with E-state index in [4.69, 9.17) is 9.47 Å². The van der Waals surface area contributed by atoms with Gasteiger partial charge in [0.1, 0.15) is 13.2 Å². The van der Waals surface area contributed by atoms with Gasteiger partial charge in [-0.2, -0.15) is 0 Å². The smallest absolute Gasteiger partial charge is 0.161 e. The average molecular weight is 277 g/mol. The van der Waals surface area contributed by atoms with Crippen LogP contribution in [-0.4, -0.2) is 18.2 Å². The Kier molecular flexibility index (Phi) is 2.78. The Morgan fingerprint density at radius 3 is 2.67 bits per heavy atom. The Labute approximate surface area is 123 Å². The highest BCUT2D eigenvalue weighted by Crippen LogP contribution is 2.36. The van der Waals surface area contributed by atoms with Crippen molar-refractivity contribution in [2.45, 2.75) is 6.92 Å². The molecule has 1 aliphatic rings. The third-order valence-corrected chi connectivity index (χ3v) is 3.72. The van der Waals surface area contributed by atoms with E-state index in [0.29, 0.717) is 13.2 Å². The first-order valence-electron chi connectivity index (χ1n) is 7.08. The molecule has 1 aliphatic heterocycles. The van der Waals surface area contributed by atoms with Crippen molar-refractivity contribution in [2.75, 3.05) is 13.2 Å². The van der Waals surface area contributed by atoms with Crippen molar-refractivity contribution in [1.82, 2.24) is 4.98 Å². The molecule has 3 aromatic rings. The van der Waals surface area contributed by atoms with E-state index in [1.165, 1.54) is 0 Å². The number of aromatic nitrogens is 1. The average Bonchev–Trinajstić information content (AvgIpc) is 2.53. The lowest BCUT2D eigenvalue weighted by Crippen LogP contribution is -2.15. The summed E-state index contributed by atoms with van der Waals surface area (Å²) in [5.74, 6) is 1.63. The van der Waals surface area contributed by atoms with Gasteiger partial charge in [0.2, 0.25) is 0 Å². The molecule has 0 radical (unpaired) electrons. The summed E-state index contributed by atoms with van der Waals surface area (Å²) in [7, 11) is 0. The van der Waals surface area contributed by atoms with Crippen LogP contribution in [0.5, 0.6) is 11.5 Å². The molecule has 2 aromatic carbocycles. The molecule has 0 bridgehead atoms. The van der Waals surface area contributed by atoms with Gasteiger partial charge in [-0.15, -0.1) is 0 Å². The molecule has 4 rings (SSSR count). The predicted octanol–water partition coefficient (Wildman–Crippen LogP) is 3.98. The molecule has 21 heavy (non-hydrogen) atoms. The zero-order chi connectivity index (χ0) is 14.2. The summed E-state index contributed by atoms with van der Waals surface area (Å²) in [5, 5.41) is 1.15. The summed E-state index contributed by atoms with van der Waals surface area (Å²) in [6.45, 7) is 3.23. The second kappa shape index (κ2) is 4.77. The summed E-state index contributed by atoms with van der Waals surface area (Å²) in [5.41, 5.74) is 4.33. The lowest BCUT2D eigenvalue weighted by molar-refractivity contribution is 0.171. The minimum Gasteiger partial charge on any atom is -0.486 e. The monoisotopic (exact) mass is 277 g/mol. The third kappa shape index (κ3) is 2.11. The summed E-state index contributed by atoms with van der Waals surface area (Å²) in [4.78, 5) is 4.59. The number of aryl methyl sites for hydroxylation is 1. The zero-order valence-corrected chi connectivity index (χ0v) is 11.8. The highest BCUT2D eigenvalue weighted by atomic mass is 16.6. The molecule has 0 unspecified atom stereocenters. The molecule has 0 aliphatic carbocycles. The van der Waals surface area contributed by atoms with Crippen molar-refractivity contribution in [3.63, 3.8) is 0 Å². The Morgan fingerprint density at radius 1 is 0.905 bits per heavy atom. The topological polar surface area (TPSA) is 31.4 Å². The number of ether oxygens (including phenoxy) is 2. The Bertz CT molecular complexity index is 827. The van der Waals surface area contributed by atoms with Gasteiger partial charge in [-0.05, 0) is 42.3 Å². The zero-order valence-electron chi connectivity index (χ0n) is 11.8. The first-order valence-corrected chi connectivity index (χ1v) is 7.08. The van der Waals surface area contributed by atoms with E-state index in [1.807, 2.05) is 37.3 Å². The van der Waals surface area contributed by atoms with Crippen LogP contribution in [0.15, 0.2) is 48.5 Å². The second-order valence-corrected chi connectivity index (χ2v) is 5.18. The number of nitrogens with zero attached hydrogens (tertiary/aromatic N) is 1. The van der Waals surface area contributed by atoms with Gasteiger partial charge in [-0.25, -0.2) is 0 Å². The van der Waals surface area contributed by atoms with Crippen LogP contribution in [0, 0.1) is 6.92 Å². The van der Waals surface area contributed by atoms with Gasteiger partial charge in [0, 0.05) is 11.1 Å². The van der Waals surface area contributed by atoms with E-state index in [0.717, 1.165) is 39.2 Å². The normalized spacial score (nSPS) is 13.4. The van der Waals surface area contributed by atoms with Crippen molar-refractivity contribution in [3.8, 4) is 22.6 Å². The van der Waals surface area contributed by atoms with Crippen LogP contribution in [0.1, 0.15) is 5.69 Å². The Morgan fingerprint density at radius 2 is 1.76 bits per heavy atom. The fraction of sp³-hybridized carbons (Fsp3) is 0.167. The molecule has 0 atom stereocenters. The van der Waals surface area contributed by atoms with E-state index in [-0.39, 0.29) is 0 Å². The van der Waals surface area contributed by atoms with Gasteiger partial charge in [-0.3, -0.25) is 4.98 Å². The molecule has 0 saturated heterocycles. The summed E-state index contributed by atoms with van der Waals surface area (Å²) < 4.78 is 11.3. The summed E-state index contributed by atoms with van der Waals surface area (Å²) >= 11 is 0. The standard InChI is InChI=1S/C18H15NO2/c1-12-5-7-15-14(3-2-4-16(15)19-12)13-6-8-17-18(11-13)21-10-9-20-17/h2-8,11H,9-10H2,1H3. The fourth-order valence-electron chi connectivity index (χ4n) is 2.72. The lowest BCUT2D eigenvalue weighted by atomic mass is 10.00. The van der Waals surface area contributed by atoms with Gasteiger partial charge in [0.05, 0.1) is 5.52 Å². The van der Waals surface area contributed by atoms with Crippen molar-refractivity contribution in [1.29, 1.82) is 0 Å². The second-order valence-electron chi connectivity index (χ2n) is 5.18. The minimum absolute atomic E-state index is 0.604. The number of hydrogen-bond donors (Lipinski definition) is 0. The van der Waals surface area contributed by atoms with Crippen LogP contribution in [0.25, 0.3) is 22.0 Å². The van der Waals surface area contributed by atoms with Crippen LogP contribution in [0.2, 0.25) is 0 Å². The molecule has 3 heteroatoms. The van der Waals surface area contributed by atoms with Crippen LogP contribution in [-0.2, 0) is 0 Å². The minimum atomic E-state index is 0.604. The highest BCUT2D eigenvalue weighted by Gasteiger charge is 2.13. The lowest BCUT2D eigenvalue weighted by Gasteiger charge is -2.19. The molecule has 0 fully saturated rings. The third-order valence-electron chi connectivity index (χ3n) is 3.72. The van der Waals surface area contributed by atoms with Crippen LogP contribution in [0.3, 0.4) is 0 Å². The maximum absolute atomic E-state index is 5.68. The van der Waals surface area contributed by atoms with Gasteiger partial charge in [0.15, 0.2) is 11.5 Å². The van der Waals surface area contributed by atoms with E-state index in [2.05, 4.69) is 23.2 Å². The molecule has 0 saturated carbocycles. The molecule has 0 N–H and O–H groups in total. The number of benzene rings is 2. The molecule has 2 heterocycles. The quantitative estimate of drug-likeness (QED) is 0.674. The molecular weight excluding hydrogens is 262 g/mol. The van der Waals surface area contributed by atoms with E-state index >= 15 is 0 Å². The first kappa shape index (κ1) is 12.2. The maximum atomic E-state index is 5.68. The Hall–Kier alpha value is -2.55. The van der Waals surface area contributed by atoms with E-state index in [9.17, 15) is 0 Å². The first-order chi connectivity index (χ1) is 10.3. The SMILES string of the molecule is Cc1ccc2c(-c3ccc4c(c3)OCCO4)cccc2n1. The molecule has 104 valence electrons. The molecule has 3 nitrogen and oxygen atoms in total. The Balaban J connectivity index is 1.90. The van der Waals surface area contributed by atoms with Gasteiger partial charge < -0.3 is 9.47 Å². The summed E-state index contributed by atoms with van der Waals surface area (Å²) in [6.07, 6.45) is 0. The van der Waals surface area contributed by atoms with Crippen molar-refractivity contribution in [3.05, 3.63) is 54.2 Å². The highest BCUT2D eigenvalue weighted by molar-refractivity contribution is 5.95. The number of hydrogen-bond acceptors (Lipinski definition) is 3. The largest absolute Gasteiger partial charge is 0.486 e. The number of fused-ring (bicyclic) bond motifs is 2. The van der Waals surface area contributed by atoms with Gasteiger partial charge >= 0.3 is 0 Å². The predicted molar refractivity (Wildman–Crippen MR) is 82.9 cm³/mol.